The number of aryl methyl sites for hydroxylation is 1. The minimum Gasteiger partial charge on any atom is -0.373 e. The molecule has 1 fully saturated rings. The van der Waals surface area contributed by atoms with Gasteiger partial charge in [-0.2, -0.15) is 0 Å². The van der Waals surface area contributed by atoms with E-state index in [0.29, 0.717) is 11.1 Å². The molecule has 88 valence electrons. The fourth-order valence-corrected chi connectivity index (χ4v) is 2.40. The average Bonchev–Trinajstić information content (AvgIpc) is 3.08. The van der Waals surface area contributed by atoms with E-state index in [-0.39, 0.29) is 6.10 Å². The first kappa shape index (κ1) is 12.3. The molecule has 1 atom stereocenters. The largest absolute Gasteiger partial charge is 0.373 e. The molecule has 1 saturated carbocycles. The van der Waals surface area contributed by atoms with E-state index in [2.05, 4.69) is 25.9 Å². The van der Waals surface area contributed by atoms with Gasteiger partial charge in [-0.15, -0.1) is 0 Å². The third-order valence-corrected chi connectivity index (χ3v) is 4.13. The number of aromatic nitrogens is 2. The lowest BCUT2D eigenvalue weighted by Crippen LogP contribution is -2.11. The van der Waals surface area contributed by atoms with Gasteiger partial charge in [-0.25, -0.2) is 9.97 Å². The van der Waals surface area contributed by atoms with Gasteiger partial charge in [0.1, 0.15) is 11.3 Å². The first-order valence-corrected chi connectivity index (χ1v) is 6.59. The molecule has 0 radical (unpaired) electrons. The zero-order chi connectivity index (χ0) is 11.7. The first-order valence-electron chi connectivity index (χ1n) is 5.42. The van der Waals surface area contributed by atoms with Crippen LogP contribution in [0.5, 0.6) is 0 Å². The molecule has 16 heavy (non-hydrogen) atoms. The van der Waals surface area contributed by atoms with E-state index >= 15 is 0 Å². The fraction of sp³-hybridized carbons (Fsp3) is 0.636. The molecule has 0 amide bonds. The molecular formula is C11H14BrClN2O. The van der Waals surface area contributed by atoms with Gasteiger partial charge in [0.25, 0.3) is 0 Å². The van der Waals surface area contributed by atoms with Crippen molar-refractivity contribution < 1.29 is 4.74 Å². The smallest absolute Gasteiger partial charge is 0.159 e. The summed E-state index contributed by atoms with van der Waals surface area (Å²) >= 11 is 9.47. The Labute approximate surface area is 109 Å². The Hall–Kier alpha value is -0.190. The van der Waals surface area contributed by atoms with Gasteiger partial charge in [0.2, 0.25) is 0 Å². The summed E-state index contributed by atoms with van der Waals surface area (Å²) in [6.45, 7) is 2.05. The van der Waals surface area contributed by atoms with E-state index in [4.69, 9.17) is 16.3 Å². The van der Waals surface area contributed by atoms with Crippen molar-refractivity contribution in [3.05, 3.63) is 21.1 Å². The van der Waals surface area contributed by atoms with Gasteiger partial charge in [-0.3, -0.25) is 0 Å². The number of methoxy groups -OCH3 is 1. The zero-order valence-corrected chi connectivity index (χ0v) is 11.7. The first-order chi connectivity index (χ1) is 7.67. The molecule has 0 saturated heterocycles. The Bertz CT molecular complexity index is 396. The highest BCUT2D eigenvalue weighted by atomic mass is 79.9. The summed E-state index contributed by atoms with van der Waals surface area (Å²) in [5, 5.41) is 0.476. The zero-order valence-electron chi connectivity index (χ0n) is 9.33. The molecule has 1 aromatic heterocycles. The minimum atomic E-state index is -0.00380. The van der Waals surface area contributed by atoms with Crippen molar-refractivity contribution in [3.8, 4) is 0 Å². The number of nitrogens with zero attached hydrogens (tertiary/aromatic N) is 2. The number of ether oxygens (including phenoxy) is 1. The van der Waals surface area contributed by atoms with Gasteiger partial charge in [-0.05, 0) is 41.1 Å². The Morgan fingerprint density at radius 2 is 2.19 bits per heavy atom. The quantitative estimate of drug-likeness (QED) is 0.798. The standard InChI is InChI=1S/C11H14BrClN2O/c1-3-7-8(12)10(13)15-11(14-7)9(16-2)6-4-5-6/h6,9H,3-5H2,1-2H3. The molecular weight excluding hydrogens is 291 g/mol. The van der Waals surface area contributed by atoms with E-state index in [1.54, 1.807) is 7.11 Å². The lowest BCUT2D eigenvalue weighted by atomic mass is 10.2. The van der Waals surface area contributed by atoms with E-state index in [0.717, 1.165) is 22.4 Å². The van der Waals surface area contributed by atoms with Gasteiger partial charge in [0.15, 0.2) is 5.82 Å². The third kappa shape index (κ3) is 2.39. The van der Waals surface area contributed by atoms with Crippen molar-refractivity contribution in [2.24, 2.45) is 5.92 Å². The monoisotopic (exact) mass is 304 g/mol. The van der Waals surface area contributed by atoms with Crippen molar-refractivity contribution in [1.29, 1.82) is 0 Å². The van der Waals surface area contributed by atoms with Crippen LogP contribution in [0, 0.1) is 5.92 Å². The molecule has 5 heteroatoms. The van der Waals surface area contributed by atoms with Gasteiger partial charge in [0, 0.05) is 7.11 Å². The molecule has 1 unspecified atom stereocenters. The van der Waals surface area contributed by atoms with Crippen LogP contribution >= 0.6 is 27.5 Å². The normalized spacial score (nSPS) is 17.5. The molecule has 0 bridgehead atoms. The molecule has 0 spiro atoms. The van der Waals surface area contributed by atoms with Gasteiger partial charge < -0.3 is 4.74 Å². The number of hydrogen-bond donors (Lipinski definition) is 0. The highest BCUT2D eigenvalue weighted by Gasteiger charge is 2.34. The third-order valence-electron chi connectivity index (χ3n) is 2.79. The van der Waals surface area contributed by atoms with E-state index in [1.165, 1.54) is 12.8 Å². The maximum atomic E-state index is 6.07. The second-order valence-corrected chi connectivity index (χ2v) is 5.13. The van der Waals surface area contributed by atoms with Crippen LogP contribution in [-0.2, 0) is 11.2 Å². The molecule has 0 aliphatic heterocycles. The summed E-state index contributed by atoms with van der Waals surface area (Å²) in [7, 11) is 1.70. The van der Waals surface area contributed by atoms with Crippen LogP contribution < -0.4 is 0 Å². The maximum absolute atomic E-state index is 6.07. The summed E-state index contributed by atoms with van der Waals surface area (Å²) in [4.78, 5) is 8.81. The number of rotatable bonds is 4. The van der Waals surface area contributed by atoms with Gasteiger partial charge >= 0.3 is 0 Å². The lowest BCUT2D eigenvalue weighted by molar-refractivity contribution is 0.0770. The van der Waals surface area contributed by atoms with Crippen LogP contribution in [0.3, 0.4) is 0 Å². The van der Waals surface area contributed by atoms with Crippen molar-refractivity contribution in [2.45, 2.75) is 32.3 Å². The molecule has 1 aromatic rings. The van der Waals surface area contributed by atoms with Crippen LogP contribution in [-0.4, -0.2) is 17.1 Å². The predicted molar refractivity (Wildman–Crippen MR) is 66.6 cm³/mol. The molecule has 1 aliphatic rings. The highest BCUT2D eigenvalue weighted by Crippen LogP contribution is 2.42. The molecule has 3 nitrogen and oxygen atoms in total. The van der Waals surface area contributed by atoms with Crippen molar-refractivity contribution >= 4 is 27.5 Å². The molecule has 2 rings (SSSR count). The van der Waals surface area contributed by atoms with Crippen molar-refractivity contribution in [3.63, 3.8) is 0 Å². The second kappa shape index (κ2) is 4.98. The van der Waals surface area contributed by atoms with E-state index in [9.17, 15) is 0 Å². The predicted octanol–water partition coefficient (Wildman–Crippen LogP) is 3.55. The Kier molecular flexibility index (Phi) is 3.82. The van der Waals surface area contributed by atoms with Crippen LogP contribution in [0.2, 0.25) is 5.15 Å². The topological polar surface area (TPSA) is 35.0 Å². The van der Waals surface area contributed by atoms with Crippen LogP contribution in [0.1, 0.15) is 37.4 Å². The lowest BCUT2D eigenvalue weighted by Gasteiger charge is -2.14. The van der Waals surface area contributed by atoms with Gasteiger partial charge in [-0.1, -0.05) is 18.5 Å². The summed E-state index contributed by atoms with van der Waals surface area (Å²) in [5.41, 5.74) is 0.942. The molecule has 0 N–H and O–H groups in total. The fourth-order valence-electron chi connectivity index (χ4n) is 1.75. The Balaban J connectivity index is 2.36. The van der Waals surface area contributed by atoms with Crippen molar-refractivity contribution in [2.75, 3.05) is 7.11 Å². The van der Waals surface area contributed by atoms with Crippen LogP contribution in [0.4, 0.5) is 0 Å². The molecule has 1 aliphatic carbocycles. The maximum Gasteiger partial charge on any atom is 0.159 e. The van der Waals surface area contributed by atoms with Crippen molar-refractivity contribution in [1.82, 2.24) is 9.97 Å². The van der Waals surface area contributed by atoms with Gasteiger partial charge in [0.05, 0.1) is 10.2 Å². The summed E-state index contributed by atoms with van der Waals surface area (Å²) < 4.78 is 6.25. The molecule has 0 aromatic carbocycles. The summed E-state index contributed by atoms with van der Waals surface area (Å²) in [6.07, 6.45) is 3.21. The minimum absolute atomic E-state index is 0.00380. The number of hydrogen-bond acceptors (Lipinski definition) is 3. The molecule has 1 heterocycles. The van der Waals surface area contributed by atoms with E-state index < -0.39 is 0 Å². The van der Waals surface area contributed by atoms with E-state index in [1.807, 2.05) is 6.92 Å². The van der Waals surface area contributed by atoms with Crippen LogP contribution in [0.15, 0.2) is 4.47 Å². The summed E-state index contributed by atoms with van der Waals surface area (Å²) in [5.74, 6) is 1.28. The Morgan fingerprint density at radius 1 is 1.50 bits per heavy atom. The second-order valence-electron chi connectivity index (χ2n) is 3.98. The number of halogens is 2. The average molecular weight is 306 g/mol. The van der Waals surface area contributed by atoms with Crippen LogP contribution in [0.25, 0.3) is 0 Å². The highest BCUT2D eigenvalue weighted by molar-refractivity contribution is 9.10. The summed E-state index contributed by atoms with van der Waals surface area (Å²) in [6, 6.07) is 0. The Morgan fingerprint density at radius 3 is 2.69 bits per heavy atom. The SMILES string of the molecule is CCc1nc(C(OC)C2CC2)nc(Cl)c1Br.